The Balaban J connectivity index is 1.66. The largest absolute Gasteiger partial charge is 0.480 e. The molecule has 1 amide bonds. The minimum absolute atomic E-state index is 0.0697. The van der Waals surface area contributed by atoms with Crippen molar-refractivity contribution in [1.82, 2.24) is 25.3 Å². The lowest BCUT2D eigenvalue weighted by atomic mass is 10.2. The summed E-state index contributed by atoms with van der Waals surface area (Å²) in [6.07, 6.45) is 3.44. The van der Waals surface area contributed by atoms with Crippen molar-refractivity contribution in [3.63, 3.8) is 0 Å². The van der Waals surface area contributed by atoms with Gasteiger partial charge in [0.25, 0.3) is 0 Å². The molecule has 0 unspecified atom stereocenters. The molecule has 9 heteroatoms. The molecule has 2 N–H and O–H groups in total. The number of amides is 1. The first-order valence-electron chi connectivity index (χ1n) is 6.81. The third kappa shape index (κ3) is 5.24. The maximum Gasteiger partial charge on any atom is 0.325 e. The van der Waals surface area contributed by atoms with E-state index in [4.69, 9.17) is 5.11 Å². The summed E-state index contributed by atoms with van der Waals surface area (Å²) in [6, 6.07) is 0. The maximum absolute atomic E-state index is 11.7. The van der Waals surface area contributed by atoms with Gasteiger partial charge >= 0.3 is 5.97 Å². The fraction of sp³-hybridized carbons (Fsp3) is 0.462. The van der Waals surface area contributed by atoms with Crippen LogP contribution in [0.2, 0.25) is 0 Å². The molecule has 8 nitrogen and oxygen atoms in total. The summed E-state index contributed by atoms with van der Waals surface area (Å²) in [4.78, 5) is 26.6. The smallest absolute Gasteiger partial charge is 0.325 e. The van der Waals surface area contributed by atoms with Gasteiger partial charge in [-0.15, -0.1) is 16.4 Å². The average Bonchev–Trinajstić information content (AvgIpc) is 3.05. The number of aromatic nitrogens is 4. The van der Waals surface area contributed by atoms with E-state index in [-0.39, 0.29) is 19.0 Å². The van der Waals surface area contributed by atoms with Crippen molar-refractivity contribution < 1.29 is 14.7 Å². The van der Waals surface area contributed by atoms with Crippen molar-refractivity contribution in [2.24, 2.45) is 0 Å². The van der Waals surface area contributed by atoms with Gasteiger partial charge in [0.1, 0.15) is 12.2 Å². The summed E-state index contributed by atoms with van der Waals surface area (Å²) in [5, 5.41) is 21.9. The minimum atomic E-state index is -0.988. The number of nitrogens with zero attached hydrogens (tertiary/aromatic N) is 4. The summed E-state index contributed by atoms with van der Waals surface area (Å²) >= 11 is 1.61. The molecule has 2 aromatic rings. The van der Waals surface area contributed by atoms with E-state index in [1.807, 2.05) is 12.3 Å². The van der Waals surface area contributed by atoms with Crippen LogP contribution < -0.4 is 5.32 Å². The predicted molar refractivity (Wildman–Crippen MR) is 79.3 cm³/mol. The molecule has 118 valence electrons. The molecule has 0 aliphatic heterocycles. The van der Waals surface area contributed by atoms with Crippen molar-refractivity contribution in [3.8, 4) is 0 Å². The summed E-state index contributed by atoms with van der Waals surface area (Å²) in [5.74, 6) is -1.06. The molecule has 0 aliphatic rings. The van der Waals surface area contributed by atoms with E-state index in [0.717, 1.165) is 23.5 Å². The van der Waals surface area contributed by atoms with Gasteiger partial charge < -0.3 is 10.4 Å². The normalized spacial score (nSPS) is 10.6. The molecule has 0 bridgehead atoms. The molecule has 2 heterocycles. The lowest BCUT2D eigenvalue weighted by Crippen LogP contribution is -2.22. The third-order valence-electron chi connectivity index (χ3n) is 2.85. The van der Waals surface area contributed by atoms with Crippen molar-refractivity contribution in [3.05, 3.63) is 28.0 Å². The predicted octanol–water partition coefficient (Wildman–Crippen LogP) is 0.767. The second kappa shape index (κ2) is 7.64. The first-order valence-corrected chi connectivity index (χ1v) is 7.69. The van der Waals surface area contributed by atoms with Crippen LogP contribution in [0, 0.1) is 6.92 Å². The van der Waals surface area contributed by atoms with E-state index < -0.39 is 5.97 Å². The number of nitrogens with one attached hydrogen (secondary N) is 1. The number of carboxylic acids is 1. The lowest BCUT2D eigenvalue weighted by Gasteiger charge is -2.02. The molecule has 0 spiro atoms. The monoisotopic (exact) mass is 323 g/mol. The SMILES string of the molecule is Cc1nc(CCCC(=O)NCc2cn(CC(=O)O)nn2)cs1. The summed E-state index contributed by atoms with van der Waals surface area (Å²) in [7, 11) is 0. The number of rotatable bonds is 8. The summed E-state index contributed by atoms with van der Waals surface area (Å²) in [5.41, 5.74) is 1.55. The number of carbonyl (C=O) groups is 2. The van der Waals surface area contributed by atoms with Crippen molar-refractivity contribution >= 4 is 23.2 Å². The second-order valence-electron chi connectivity index (χ2n) is 4.79. The fourth-order valence-electron chi connectivity index (χ4n) is 1.87. The van der Waals surface area contributed by atoms with Gasteiger partial charge in [0.15, 0.2) is 0 Å². The number of carbonyl (C=O) groups excluding carboxylic acids is 1. The molecule has 22 heavy (non-hydrogen) atoms. The zero-order chi connectivity index (χ0) is 15.9. The van der Waals surface area contributed by atoms with Crippen LogP contribution >= 0.6 is 11.3 Å². The molecule has 0 fully saturated rings. The van der Waals surface area contributed by atoms with Crippen LogP contribution in [0.3, 0.4) is 0 Å². The van der Waals surface area contributed by atoms with Crippen LogP contribution in [0.15, 0.2) is 11.6 Å². The van der Waals surface area contributed by atoms with Gasteiger partial charge in [0.05, 0.1) is 23.4 Å². The standard InChI is InChI=1S/C13H17N5O3S/c1-9-15-10(8-22-9)3-2-4-12(19)14-5-11-6-18(17-16-11)7-13(20)21/h6,8H,2-5,7H2,1H3,(H,14,19)(H,20,21). The number of carboxylic acid groups (broad SMARTS) is 1. The Bertz CT molecular complexity index is 652. The first kappa shape index (κ1) is 16.1. The highest BCUT2D eigenvalue weighted by atomic mass is 32.1. The molecule has 0 aliphatic carbocycles. The Morgan fingerprint density at radius 2 is 2.23 bits per heavy atom. The van der Waals surface area contributed by atoms with Crippen molar-refractivity contribution in [2.75, 3.05) is 0 Å². The number of thiazole rings is 1. The number of hydrogen-bond donors (Lipinski definition) is 2. The van der Waals surface area contributed by atoms with Crippen LogP contribution in [0.4, 0.5) is 0 Å². The van der Waals surface area contributed by atoms with Gasteiger partial charge in [-0.1, -0.05) is 5.21 Å². The third-order valence-corrected chi connectivity index (χ3v) is 3.68. The van der Waals surface area contributed by atoms with Gasteiger partial charge in [-0.2, -0.15) is 0 Å². The Kier molecular flexibility index (Phi) is 5.59. The molecule has 2 aromatic heterocycles. The number of hydrogen-bond acceptors (Lipinski definition) is 6. The topological polar surface area (TPSA) is 110 Å². The average molecular weight is 323 g/mol. The fourth-order valence-corrected chi connectivity index (χ4v) is 2.51. The Morgan fingerprint density at radius 1 is 1.41 bits per heavy atom. The van der Waals surface area contributed by atoms with E-state index in [0.29, 0.717) is 12.1 Å². The van der Waals surface area contributed by atoms with Gasteiger partial charge in [-0.25, -0.2) is 9.67 Å². The van der Waals surface area contributed by atoms with Crippen molar-refractivity contribution in [1.29, 1.82) is 0 Å². The first-order chi connectivity index (χ1) is 10.5. The highest BCUT2D eigenvalue weighted by Gasteiger charge is 2.07. The number of aliphatic carboxylic acids is 1. The van der Waals surface area contributed by atoms with Crippen LogP contribution in [0.5, 0.6) is 0 Å². The summed E-state index contributed by atoms with van der Waals surface area (Å²) in [6.45, 7) is 1.96. The van der Waals surface area contributed by atoms with E-state index in [9.17, 15) is 9.59 Å². The minimum Gasteiger partial charge on any atom is -0.480 e. The van der Waals surface area contributed by atoms with E-state index in [1.54, 1.807) is 11.3 Å². The van der Waals surface area contributed by atoms with Crippen molar-refractivity contribution in [2.45, 2.75) is 39.3 Å². The molecule has 0 radical (unpaired) electrons. The Morgan fingerprint density at radius 3 is 2.91 bits per heavy atom. The zero-order valence-electron chi connectivity index (χ0n) is 12.2. The van der Waals surface area contributed by atoms with Gasteiger partial charge in [0, 0.05) is 11.8 Å². The Hall–Kier alpha value is -2.29. The van der Waals surface area contributed by atoms with Crippen LogP contribution in [-0.2, 0) is 29.1 Å². The van der Waals surface area contributed by atoms with Crippen LogP contribution in [0.1, 0.15) is 29.2 Å². The van der Waals surface area contributed by atoms with E-state index in [1.165, 1.54) is 10.9 Å². The van der Waals surface area contributed by atoms with E-state index in [2.05, 4.69) is 20.6 Å². The molecule has 2 rings (SSSR count). The summed E-state index contributed by atoms with van der Waals surface area (Å²) < 4.78 is 1.22. The number of aryl methyl sites for hydroxylation is 2. The molecule has 0 saturated heterocycles. The molecule has 0 atom stereocenters. The van der Waals surface area contributed by atoms with Crippen LogP contribution in [-0.4, -0.2) is 37.0 Å². The van der Waals surface area contributed by atoms with Gasteiger partial charge in [-0.05, 0) is 19.8 Å². The molecule has 0 saturated carbocycles. The lowest BCUT2D eigenvalue weighted by molar-refractivity contribution is -0.138. The van der Waals surface area contributed by atoms with Crippen LogP contribution in [0.25, 0.3) is 0 Å². The second-order valence-corrected chi connectivity index (χ2v) is 5.85. The molecular formula is C13H17N5O3S. The maximum atomic E-state index is 11.7. The van der Waals surface area contributed by atoms with Gasteiger partial charge in [-0.3, -0.25) is 9.59 Å². The quantitative estimate of drug-likeness (QED) is 0.742. The van der Waals surface area contributed by atoms with E-state index >= 15 is 0 Å². The zero-order valence-corrected chi connectivity index (χ0v) is 13.0. The molecule has 0 aromatic carbocycles. The molecular weight excluding hydrogens is 306 g/mol. The highest BCUT2D eigenvalue weighted by Crippen LogP contribution is 2.10. The highest BCUT2D eigenvalue weighted by molar-refractivity contribution is 7.09. The van der Waals surface area contributed by atoms with Gasteiger partial charge in [0.2, 0.25) is 5.91 Å². The Labute approximate surface area is 131 Å².